The maximum absolute atomic E-state index is 12.5. The second-order valence-electron chi connectivity index (χ2n) is 6.88. The maximum atomic E-state index is 12.5. The van der Waals surface area contributed by atoms with Crippen LogP contribution in [0.15, 0.2) is 29.5 Å². The van der Waals surface area contributed by atoms with Crippen LogP contribution < -0.4 is 10.6 Å². The number of pyridine rings is 1. The van der Waals surface area contributed by atoms with Crippen molar-refractivity contribution in [2.24, 2.45) is 4.99 Å². The van der Waals surface area contributed by atoms with Gasteiger partial charge in [0.2, 0.25) is 0 Å². The predicted molar refractivity (Wildman–Crippen MR) is 99.0 cm³/mol. The van der Waals surface area contributed by atoms with Crippen molar-refractivity contribution in [2.75, 3.05) is 33.2 Å². The number of aromatic nitrogens is 2. The molecule has 0 bridgehead atoms. The highest BCUT2D eigenvalue weighted by Gasteiger charge is 2.34. The van der Waals surface area contributed by atoms with Crippen LogP contribution in [0.2, 0.25) is 0 Å². The zero-order valence-corrected chi connectivity index (χ0v) is 15.6. The summed E-state index contributed by atoms with van der Waals surface area (Å²) in [7, 11) is 1.66. The van der Waals surface area contributed by atoms with Gasteiger partial charge in [-0.1, -0.05) is 6.07 Å². The van der Waals surface area contributed by atoms with E-state index in [0.29, 0.717) is 32.0 Å². The van der Waals surface area contributed by atoms with Gasteiger partial charge in [-0.15, -0.1) is 0 Å². The minimum Gasteiger partial charge on any atom is -0.356 e. The third-order valence-electron chi connectivity index (χ3n) is 4.64. The van der Waals surface area contributed by atoms with Gasteiger partial charge in [-0.3, -0.25) is 9.89 Å². The summed E-state index contributed by atoms with van der Waals surface area (Å²) in [5.74, 6) is 0.605. The molecule has 2 aromatic rings. The van der Waals surface area contributed by atoms with Crippen molar-refractivity contribution in [2.45, 2.75) is 32.0 Å². The van der Waals surface area contributed by atoms with Crippen molar-refractivity contribution in [3.8, 4) is 0 Å². The summed E-state index contributed by atoms with van der Waals surface area (Å²) < 4.78 is 39.5. The molecule has 6 nitrogen and oxygen atoms in total. The van der Waals surface area contributed by atoms with Crippen molar-refractivity contribution in [3.63, 3.8) is 0 Å². The maximum Gasteiger partial charge on any atom is 0.401 e. The third-order valence-corrected chi connectivity index (χ3v) is 4.64. The molecule has 0 saturated carbocycles. The lowest BCUT2D eigenvalue weighted by Gasteiger charge is -2.19. The molecule has 0 aromatic carbocycles. The molecule has 1 aliphatic rings. The predicted octanol–water partition coefficient (Wildman–Crippen LogP) is 1.99. The first-order chi connectivity index (χ1) is 12.8. The van der Waals surface area contributed by atoms with Gasteiger partial charge in [0.05, 0.1) is 12.2 Å². The van der Waals surface area contributed by atoms with Crippen molar-refractivity contribution in [1.82, 2.24) is 24.9 Å². The Hall–Kier alpha value is -2.29. The molecule has 27 heavy (non-hydrogen) atoms. The number of hydrogen-bond donors (Lipinski definition) is 2. The lowest BCUT2D eigenvalue weighted by Crippen LogP contribution is -2.45. The highest BCUT2D eigenvalue weighted by atomic mass is 19.4. The number of guanidine groups is 1. The first kappa shape index (κ1) is 19.5. The number of rotatable bonds is 5. The van der Waals surface area contributed by atoms with E-state index < -0.39 is 12.7 Å². The molecule has 3 rings (SSSR count). The fraction of sp³-hybridized carbons (Fsp3) is 0.556. The number of aryl methyl sites for hydroxylation is 1. The summed E-state index contributed by atoms with van der Waals surface area (Å²) >= 11 is 0. The summed E-state index contributed by atoms with van der Waals surface area (Å²) in [5, 5.41) is 6.42. The quantitative estimate of drug-likeness (QED) is 0.613. The number of nitrogens with zero attached hydrogens (tertiary/aromatic N) is 4. The first-order valence-corrected chi connectivity index (χ1v) is 9.03. The van der Waals surface area contributed by atoms with Crippen molar-refractivity contribution >= 4 is 11.6 Å². The van der Waals surface area contributed by atoms with Gasteiger partial charge in [0.25, 0.3) is 0 Å². The number of alkyl halides is 3. The third kappa shape index (κ3) is 5.35. The summed E-state index contributed by atoms with van der Waals surface area (Å²) in [6.07, 6.45) is 1.22. The normalized spacial score (nSPS) is 19.0. The van der Waals surface area contributed by atoms with Gasteiger partial charge in [0.15, 0.2) is 5.96 Å². The zero-order valence-electron chi connectivity index (χ0n) is 15.6. The lowest BCUT2D eigenvalue weighted by atomic mass is 10.3. The van der Waals surface area contributed by atoms with E-state index in [1.54, 1.807) is 7.05 Å². The van der Waals surface area contributed by atoms with Crippen LogP contribution in [0, 0.1) is 6.92 Å². The van der Waals surface area contributed by atoms with Gasteiger partial charge in [-0.2, -0.15) is 13.2 Å². The van der Waals surface area contributed by atoms with Gasteiger partial charge in [0.1, 0.15) is 5.65 Å². The van der Waals surface area contributed by atoms with Crippen LogP contribution in [-0.2, 0) is 6.42 Å². The smallest absolute Gasteiger partial charge is 0.356 e. The van der Waals surface area contributed by atoms with Crippen LogP contribution in [0.5, 0.6) is 0 Å². The molecule has 1 saturated heterocycles. The molecule has 0 aliphatic carbocycles. The molecule has 2 aromatic heterocycles. The molecule has 1 unspecified atom stereocenters. The van der Waals surface area contributed by atoms with Crippen molar-refractivity contribution in [1.29, 1.82) is 0 Å². The van der Waals surface area contributed by atoms with Gasteiger partial charge >= 0.3 is 6.18 Å². The van der Waals surface area contributed by atoms with E-state index in [1.807, 2.05) is 35.9 Å². The lowest BCUT2D eigenvalue weighted by molar-refractivity contribution is -0.143. The van der Waals surface area contributed by atoms with E-state index in [0.717, 1.165) is 23.3 Å². The van der Waals surface area contributed by atoms with Crippen molar-refractivity contribution < 1.29 is 13.2 Å². The first-order valence-electron chi connectivity index (χ1n) is 9.03. The molecular formula is C18H25F3N6. The number of nitrogens with one attached hydrogen (secondary N) is 2. The molecule has 0 spiro atoms. The number of likely N-dealkylation sites (tertiary alicyclic amines) is 1. The fourth-order valence-electron chi connectivity index (χ4n) is 3.37. The topological polar surface area (TPSA) is 57.0 Å². The SMILES string of the molecule is CN=C(NCCc1cn2cccc(C)c2n1)NC1CCN(CC(F)(F)F)C1. The second-order valence-corrected chi connectivity index (χ2v) is 6.88. The fourth-order valence-corrected chi connectivity index (χ4v) is 3.37. The second kappa shape index (κ2) is 8.16. The highest BCUT2D eigenvalue weighted by molar-refractivity contribution is 5.80. The average Bonchev–Trinajstić information content (AvgIpc) is 3.19. The van der Waals surface area contributed by atoms with Gasteiger partial charge < -0.3 is 15.0 Å². The van der Waals surface area contributed by atoms with Crippen LogP contribution in [0.3, 0.4) is 0 Å². The molecule has 3 heterocycles. The molecule has 1 fully saturated rings. The van der Waals surface area contributed by atoms with E-state index >= 15 is 0 Å². The summed E-state index contributed by atoms with van der Waals surface area (Å²) in [6, 6.07) is 3.98. The molecule has 0 amide bonds. The highest BCUT2D eigenvalue weighted by Crippen LogP contribution is 2.19. The summed E-state index contributed by atoms with van der Waals surface area (Å²) in [4.78, 5) is 10.2. The molecular weight excluding hydrogens is 357 g/mol. The Balaban J connectivity index is 1.46. The number of fused-ring (bicyclic) bond motifs is 1. The zero-order chi connectivity index (χ0) is 19.4. The van der Waals surface area contributed by atoms with Crippen molar-refractivity contribution in [3.05, 3.63) is 35.8 Å². The van der Waals surface area contributed by atoms with Crippen LogP contribution in [0.1, 0.15) is 17.7 Å². The molecule has 9 heteroatoms. The van der Waals surface area contributed by atoms with Gasteiger partial charge in [-0.25, -0.2) is 4.98 Å². The van der Waals surface area contributed by atoms with Gasteiger partial charge in [0, 0.05) is 51.5 Å². The number of aliphatic imine (C=N–C) groups is 1. The van der Waals surface area contributed by atoms with Gasteiger partial charge in [-0.05, 0) is 25.0 Å². The van der Waals surface area contributed by atoms with E-state index in [4.69, 9.17) is 0 Å². The van der Waals surface area contributed by atoms with Crippen LogP contribution in [0.25, 0.3) is 5.65 Å². The van der Waals surface area contributed by atoms with Crippen LogP contribution in [0.4, 0.5) is 13.2 Å². The molecule has 0 radical (unpaired) electrons. The number of halogens is 3. The Morgan fingerprint density at radius 3 is 2.93 bits per heavy atom. The number of imidazole rings is 1. The van der Waals surface area contributed by atoms with Crippen LogP contribution >= 0.6 is 0 Å². The Kier molecular flexibility index (Phi) is 5.88. The Labute approximate surface area is 156 Å². The summed E-state index contributed by atoms with van der Waals surface area (Å²) in [6.45, 7) is 2.62. The molecule has 2 N–H and O–H groups in total. The Bertz CT molecular complexity index is 798. The Morgan fingerprint density at radius 1 is 1.41 bits per heavy atom. The minimum atomic E-state index is -4.15. The minimum absolute atomic E-state index is 0.0311. The summed E-state index contributed by atoms with van der Waals surface area (Å²) in [5.41, 5.74) is 3.05. The molecule has 148 valence electrons. The largest absolute Gasteiger partial charge is 0.401 e. The van der Waals surface area contributed by atoms with E-state index in [-0.39, 0.29) is 6.04 Å². The van der Waals surface area contributed by atoms with Crippen LogP contribution in [-0.4, -0.2) is 65.7 Å². The Morgan fingerprint density at radius 2 is 2.22 bits per heavy atom. The molecule has 1 aliphatic heterocycles. The monoisotopic (exact) mass is 382 g/mol. The van der Waals surface area contributed by atoms with E-state index in [1.165, 1.54) is 4.90 Å². The number of hydrogen-bond acceptors (Lipinski definition) is 3. The average molecular weight is 382 g/mol. The standard InChI is InChI=1S/C18H25F3N6/c1-13-4-3-8-27-11-14(24-16(13)27)5-7-23-17(22-2)25-15-6-9-26(10-15)12-18(19,20)21/h3-4,8,11,15H,5-7,9-10,12H2,1-2H3,(H2,22,23,25). The molecule has 1 atom stereocenters. The van der Waals surface area contributed by atoms with E-state index in [2.05, 4.69) is 20.6 Å². The van der Waals surface area contributed by atoms with E-state index in [9.17, 15) is 13.2 Å².